The van der Waals surface area contributed by atoms with E-state index in [0.29, 0.717) is 6.61 Å². The van der Waals surface area contributed by atoms with E-state index >= 15 is 0 Å². The largest absolute Gasteiger partial charge is 0.489 e. The smallest absolute Gasteiger partial charge is 0.120 e. The van der Waals surface area contributed by atoms with Crippen LogP contribution in [0, 0.1) is 0 Å². The van der Waals surface area contributed by atoms with E-state index in [1.807, 2.05) is 24.3 Å². The summed E-state index contributed by atoms with van der Waals surface area (Å²) >= 11 is 0. The molecule has 2 heteroatoms. The van der Waals surface area contributed by atoms with E-state index in [0.717, 1.165) is 18.6 Å². The molecular weight excluding hydrogens is 270 g/mol. The summed E-state index contributed by atoms with van der Waals surface area (Å²) in [7, 11) is 0. The highest BCUT2D eigenvalue weighted by atomic mass is 16.5. The molecular formula is C20H19NO. The van der Waals surface area contributed by atoms with Crippen molar-refractivity contribution in [3.8, 4) is 5.75 Å². The molecule has 1 aromatic heterocycles. The molecule has 1 aliphatic rings. The van der Waals surface area contributed by atoms with Gasteiger partial charge in [-0.3, -0.25) is 0 Å². The van der Waals surface area contributed by atoms with Gasteiger partial charge >= 0.3 is 0 Å². The van der Waals surface area contributed by atoms with Gasteiger partial charge in [0.25, 0.3) is 0 Å². The van der Waals surface area contributed by atoms with Gasteiger partial charge in [-0.25, -0.2) is 0 Å². The van der Waals surface area contributed by atoms with Crippen molar-refractivity contribution in [1.82, 2.24) is 4.98 Å². The van der Waals surface area contributed by atoms with E-state index < -0.39 is 0 Å². The van der Waals surface area contributed by atoms with Crippen LogP contribution in [-0.4, -0.2) is 4.98 Å². The minimum atomic E-state index is 0.610. The summed E-state index contributed by atoms with van der Waals surface area (Å²) in [5.41, 5.74) is 6.58. The van der Waals surface area contributed by atoms with Crippen LogP contribution in [0.4, 0.5) is 0 Å². The molecule has 0 aliphatic heterocycles. The first-order valence-electron chi connectivity index (χ1n) is 7.82. The number of aromatic nitrogens is 1. The quantitative estimate of drug-likeness (QED) is 0.713. The lowest BCUT2D eigenvalue weighted by Crippen LogP contribution is -1.94. The zero-order valence-corrected chi connectivity index (χ0v) is 12.7. The number of aryl methyl sites for hydroxylation is 1. The molecule has 0 spiro atoms. The van der Waals surface area contributed by atoms with Gasteiger partial charge in [-0.2, -0.15) is 0 Å². The number of aromatic amines is 1. The highest BCUT2D eigenvalue weighted by molar-refractivity contribution is 5.92. The lowest BCUT2D eigenvalue weighted by Gasteiger charge is -2.06. The predicted octanol–water partition coefficient (Wildman–Crippen LogP) is 5.10. The standard InChI is InChI=1S/C20H19NO/c1-2-15-8-10-17-18-12-16(9-11-19(18)21-20(15)17)22-13-14-6-4-3-5-7-14/h2-7,9,11-12,21H,8,10,13H2,1H3. The molecule has 0 unspecified atom stereocenters. The van der Waals surface area contributed by atoms with Crippen molar-refractivity contribution in [1.29, 1.82) is 0 Å². The Morgan fingerprint density at radius 2 is 1.95 bits per heavy atom. The van der Waals surface area contributed by atoms with Crippen molar-refractivity contribution in [2.75, 3.05) is 0 Å². The minimum absolute atomic E-state index is 0.610. The highest BCUT2D eigenvalue weighted by Crippen LogP contribution is 2.38. The van der Waals surface area contributed by atoms with Crippen LogP contribution < -0.4 is 4.74 Å². The second-order valence-electron chi connectivity index (χ2n) is 5.77. The molecule has 0 bridgehead atoms. The van der Waals surface area contributed by atoms with E-state index in [-0.39, 0.29) is 0 Å². The molecule has 2 nitrogen and oxygen atoms in total. The number of rotatable bonds is 3. The van der Waals surface area contributed by atoms with Crippen LogP contribution in [0.15, 0.2) is 54.6 Å². The summed E-state index contributed by atoms with van der Waals surface area (Å²) in [6, 6.07) is 16.6. The third-order valence-electron chi connectivity index (χ3n) is 4.44. The van der Waals surface area contributed by atoms with Crippen molar-refractivity contribution in [2.24, 2.45) is 0 Å². The van der Waals surface area contributed by atoms with Crippen LogP contribution in [0.25, 0.3) is 16.5 Å². The first kappa shape index (κ1) is 13.2. The SMILES string of the molecule is CC=C1CCc2c1[nH]c1ccc(OCc3ccccc3)cc21. The van der Waals surface area contributed by atoms with Gasteiger partial charge < -0.3 is 9.72 Å². The predicted molar refractivity (Wildman–Crippen MR) is 91.0 cm³/mol. The Morgan fingerprint density at radius 3 is 2.77 bits per heavy atom. The molecule has 0 radical (unpaired) electrons. The highest BCUT2D eigenvalue weighted by Gasteiger charge is 2.20. The Balaban J connectivity index is 1.64. The van der Waals surface area contributed by atoms with Crippen LogP contribution in [-0.2, 0) is 13.0 Å². The zero-order chi connectivity index (χ0) is 14.9. The van der Waals surface area contributed by atoms with Crippen molar-refractivity contribution in [3.05, 3.63) is 71.4 Å². The van der Waals surface area contributed by atoms with Crippen LogP contribution in [0.1, 0.15) is 30.2 Å². The van der Waals surface area contributed by atoms with Gasteiger partial charge in [-0.15, -0.1) is 0 Å². The molecule has 0 fully saturated rings. The van der Waals surface area contributed by atoms with Gasteiger partial charge in [0.05, 0.1) is 0 Å². The number of nitrogens with one attached hydrogen (secondary N) is 1. The maximum absolute atomic E-state index is 5.95. The average Bonchev–Trinajstić information content (AvgIpc) is 3.12. The fourth-order valence-electron chi connectivity index (χ4n) is 3.26. The van der Waals surface area contributed by atoms with Crippen molar-refractivity contribution >= 4 is 16.5 Å². The van der Waals surface area contributed by atoms with Crippen molar-refractivity contribution in [2.45, 2.75) is 26.4 Å². The monoisotopic (exact) mass is 289 g/mol. The Labute approximate surface area is 130 Å². The molecule has 0 atom stereocenters. The van der Waals surface area contributed by atoms with Crippen LogP contribution >= 0.6 is 0 Å². The second-order valence-corrected chi connectivity index (χ2v) is 5.77. The Hall–Kier alpha value is -2.48. The van der Waals surface area contributed by atoms with E-state index in [4.69, 9.17) is 4.74 Å². The third-order valence-corrected chi connectivity index (χ3v) is 4.44. The third kappa shape index (κ3) is 2.21. The first-order valence-corrected chi connectivity index (χ1v) is 7.82. The number of allylic oxidation sites excluding steroid dienone is 2. The van der Waals surface area contributed by atoms with Crippen molar-refractivity contribution in [3.63, 3.8) is 0 Å². The Kier molecular flexibility index (Phi) is 3.23. The number of hydrogen-bond acceptors (Lipinski definition) is 1. The van der Waals surface area contributed by atoms with E-state index in [1.165, 1.54) is 33.3 Å². The summed E-state index contributed by atoms with van der Waals surface area (Å²) in [5, 5.41) is 1.30. The molecule has 1 heterocycles. The Bertz CT molecular complexity index is 843. The molecule has 2 aromatic carbocycles. The van der Waals surface area contributed by atoms with Gasteiger partial charge in [-0.1, -0.05) is 36.4 Å². The molecule has 4 rings (SSSR count). The lowest BCUT2D eigenvalue weighted by atomic mass is 10.1. The summed E-state index contributed by atoms with van der Waals surface area (Å²) < 4.78 is 5.95. The molecule has 0 saturated heterocycles. The molecule has 1 N–H and O–H groups in total. The molecule has 0 amide bonds. The van der Waals surface area contributed by atoms with Gasteiger partial charge in [0.15, 0.2) is 0 Å². The molecule has 3 aromatic rings. The summed E-state index contributed by atoms with van der Waals surface area (Å²) in [6.45, 7) is 2.73. The van der Waals surface area contributed by atoms with Crippen molar-refractivity contribution < 1.29 is 4.74 Å². The number of hydrogen-bond donors (Lipinski definition) is 1. The van der Waals surface area contributed by atoms with Crippen LogP contribution in [0.5, 0.6) is 5.75 Å². The normalized spacial score (nSPS) is 15.4. The molecule has 22 heavy (non-hydrogen) atoms. The lowest BCUT2D eigenvalue weighted by molar-refractivity contribution is 0.306. The van der Waals surface area contributed by atoms with E-state index in [2.05, 4.69) is 42.2 Å². The topological polar surface area (TPSA) is 25.0 Å². The maximum Gasteiger partial charge on any atom is 0.120 e. The fraction of sp³-hybridized carbons (Fsp3) is 0.200. The second kappa shape index (κ2) is 5.38. The first-order chi connectivity index (χ1) is 10.8. The summed E-state index contributed by atoms with van der Waals surface area (Å²) in [6.07, 6.45) is 4.48. The van der Waals surface area contributed by atoms with Gasteiger partial charge in [0, 0.05) is 16.6 Å². The number of fused-ring (bicyclic) bond motifs is 3. The maximum atomic E-state index is 5.95. The van der Waals surface area contributed by atoms with E-state index in [1.54, 1.807) is 0 Å². The molecule has 1 aliphatic carbocycles. The van der Waals surface area contributed by atoms with Gasteiger partial charge in [0.2, 0.25) is 0 Å². The van der Waals surface area contributed by atoms with E-state index in [9.17, 15) is 0 Å². The summed E-state index contributed by atoms with van der Waals surface area (Å²) in [5.74, 6) is 0.937. The molecule has 0 saturated carbocycles. The number of H-pyrrole nitrogens is 1. The zero-order valence-electron chi connectivity index (χ0n) is 12.7. The molecule has 110 valence electrons. The van der Waals surface area contributed by atoms with Gasteiger partial charge in [-0.05, 0) is 54.7 Å². The Morgan fingerprint density at radius 1 is 1.09 bits per heavy atom. The summed E-state index contributed by atoms with van der Waals surface area (Å²) in [4.78, 5) is 3.55. The van der Waals surface area contributed by atoms with Crippen LogP contribution in [0.2, 0.25) is 0 Å². The average molecular weight is 289 g/mol. The minimum Gasteiger partial charge on any atom is -0.489 e. The number of benzene rings is 2. The number of ether oxygens (including phenoxy) is 1. The van der Waals surface area contributed by atoms with Crippen LogP contribution in [0.3, 0.4) is 0 Å². The fourth-order valence-corrected chi connectivity index (χ4v) is 3.26. The van der Waals surface area contributed by atoms with Gasteiger partial charge in [0.1, 0.15) is 12.4 Å².